The highest BCUT2D eigenvalue weighted by atomic mass is 16.1. The van der Waals surface area contributed by atoms with Crippen LogP contribution in [0.15, 0.2) is 23.9 Å². The van der Waals surface area contributed by atoms with Crippen molar-refractivity contribution in [2.75, 3.05) is 26.2 Å². The summed E-state index contributed by atoms with van der Waals surface area (Å²) in [5, 5.41) is 0. The van der Waals surface area contributed by atoms with Crippen molar-refractivity contribution in [1.29, 1.82) is 0 Å². The van der Waals surface area contributed by atoms with E-state index in [-0.39, 0.29) is 0 Å². The van der Waals surface area contributed by atoms with Crippen LogP contribution in [0.25, 0.3) is 0 Å². The normalized spacial score (nSPS) is 22.1. The maximum atomic E-state index is 10.5. The lowest BCUT2D eigenvalue weighted by atomic mass is 10.1. The second kappa shape index (κ2) is 4.31. The van der Waals surface area contributed by atoms with Crippen LogP contribution < -0.4 is 0 Å². The van der Waals surface area contributed by atoms with E-state index in [0.29, 0.717) is 0 Å². The molecule has 1 aliphatic carbocycles. The third kappa shape index (κ3) is 1.97. The summed E-state index contributed by atoms with van der Waals surface area (Å²) in [6.07, 6.45) is 10.6. The predicted octanol–water partition coefficient (Wildman–Crippen LogP) is 0.808. The van der Waals surface area contributed by atoms with E-state index in [0.717, 1.165) is 39.0 Å². The highest BCUT2D eigenvalue weighted by molar-refractivity contribution is 5.47. The van der Waals surface area contributed by atoms with Crippen LogP contribution in [0.4, 0.5) is 0 Å². The Balaban J connectivity index is 1.91. The summed E-state index contributed by atoms with van der Waals surface area (Å²) in [6.45, 7) is 3.60. The number of piperazine rings is 1. The van der Waals surface area contributed by atoms with Gasteiger partial charge in [0.05, 0.1) is 0 Å². The monoisotopic (exact) mass is 191 g/mol. The molecule has 0 aromatic heterocycles. The molecule has 1 fully saturated rings. The third-order valence-corrected chi connectivity index (χ3v) is 2.69. The van der Waals surface area contributed by atoms with Crippen molar-refractivity contribution in [3.63, 3.8) is 0 Å². The fourth-order valence-electron chi connectivity index (χ4n) is 1.82. The van der Waals surface area contributed by atoms with E-state index < -0.39 is 0 Å². The molecule has 2 rings (SSSR count). The van der Waals surface area contributed by atoms with E-state index in [2.05, 4.69) is 29.5 Å². The Morgan fingerprint density at radius 3 is 2.57 bits per heavy atom. The summed E-state index contributed by atoms with van der Waals surface area (Å²) >= 11 is 0. The number of allylic oxidation sites excluding steroid dienone is 3. The summed E-state index contributed by atoms with van der Waals surface area (Å²) in [5.41, 5.74) is 1.30. The first kappa shape index (κ1) is 9.31. The predicted molar refractivity (Wildman–Crippen MR) is 55.4 cm³/mol. The number of nitrogens with zero attached hydrogens (tertiary/aromatic N) is 2. The van der Waals surface area contributed by atoms with Crippen molar-refractivity contribution < 1.29 is 4.79 Å². The average molecular weight is 191 g/mol. The lowest BCUT2D eigenvalue weighted by Crippen LogP contribution is -2.44. The largest absolute Gasteiger partial charge is 0.368 e. The SMILES string of the molecule is O=CN1CCN(C2=CC[CH]C=C2)CC1. The highest BCUT2D eigenvalue weighted by Crippen LogP contribution is 2.15. The first-order valence-electron chi connectivity index (χ1n) is 5.04. The van der Waals surface area contributed by atoms with Gasteiger partial charge in [-0.25, -0.2) is 0 Å². The topological polar surface area (TPSA) is 23.6 Å². The first-order chi connectivity index (χ1) is 6.90. The number of hydrogen-bond donors (Lipinski definition) is 0. The average Bonchev–Trinajstić information content (AvgIpc) is 2.30. The van der Waals surface area contributed by atoms with Crippen LogP contribution in [0.2, 0.25) is 0 Å². The van der Waals surface area contributed by atoms with Crippen molar-refractivity contribution in [3.05, 3.63) is 30.3 Å². The fraction of sp³-hybridized carbons (Fsp3) is 0.455. The molecule has 14 heavy (non-hydrogen) atoms. The smallest absolute Gasteiger partial charge is 0.209 e. The Labute approximate surface area is 84.7 Å². The number of rotatable bonds is 2. The van der Waals surface area contributed by atoms with Gasteiger partial charge in [0.1, 0.15) is 0 Å². The second-order valence-corrected chi connectivity index (χ2v) is 3.59. The molecule has 1 aliphatic heterocycles. The van der Waals surface area contributed by atoms with Gasteiger partial charge in [-0.05, 0) is 18.9 Å². The molecule has 0 saturated carbocycles. The molecule has 2 aliphatic rings. The molecule has 0 unspecified atom stereocenters. The van der Waals surface area contributed by atoms with Crippen molar-refractivity contribution >= 4 is 6.41 Å². The van der Waals surface area contributed by atoms with Gasteiger partial charge in [0.15, 0.2) is 0 Å². The van der Waals surface area contributed by atoms with Crippen molar-refractivity contribution in [2.45, 2.75) is 6.42 Å². The zero-order valence-electron chi connectivity index (χ0n) is 8.22. The zero-order chi connectivity index (χ0) is 9.80. The van der Waals surface area contributed by atoms with Gasteiger partial charge in [0.2, 0.25) is 6.41 Å². The summed E-state index contributed by atoms with van der Waals surface area (Å²) in [4.78, 5) is 14.7. The van der Waals surface area contributed by atoms with Crippen LogP contribution in [0.1, 0.15) is 6.42 Å². The molecule has 1 saturated heterocycles. The lowest BCUT2D eigenvalue weighted by Gasteiger charge is -2.35. The summed E-state index contributed by atoms with van der Waals surface area (Å²) in [6, 6.07) is 0. The van der Waals surface area contributed by atoms with Gasteiger partial charge in [-0.1, -0.05) is 12.2 Å². The summed E-state index contributed by atoms with van der Waals surface area (Å²) in [7, 11) is 0. The minimum Gasteiger partial charge on any atom is -0.368 e. The molecule has 0 spiro atoms. The van der Waals surface area contributed by atoms with Crippen molar-refractivity contribution in [1.82, 2.24) is 9.80 Å². The van der Waals surface area contributed by atoms with Crippen LogP contribution in [0.5, 0.6) is 0 Å². The fourth-order valence-corrected chi connectivity index (χ4v) is 1.82. The Hall–Kier alpha value is -1.25. The molecule has 0 bridgehead atoms. The van der Waals surface area contributed by atoms with Gasteiger partial charge in [0, 0.05) is 31.9 Å². The van der Waals surface area contributed by atoms with E-state index >= 15 is 0 Å². The van der Waals surface area contributed by atoms with Crippen molar-refractivity contribution in [3.8, 4) is 0 Å². The molecule has 0 aromatic rings. The van der Waals surface area contributed by atoms with E-state index in [1.807, 2.05) is 4.90 Å². The highest BCUT2D eigenvalue weighted by Gasteiger charge is 2.16. The molecular weight excluding hydrogens is 176 g/mol. The quantitative estimate of drug-likeness (QED) is 0.603. The second-order valence-electron chi connectivity index (χ2n) is 3.59. The number of amides is 1. The maximum absolute atomic E-state index is 10.5. The minimum absolute atomic E-state index is 0.846. The molecule has 0 aromatic carbocycles. The number of carbonyl (C=O) groups excluding carboxylic acids is 1. The van der Waals surface area contributed by atoms with Gasteiger partial charge < -0.3 is 9.80 Å². The van der Waals surface area contributed by atoms with E-state index in [1.54, 1.807) is 0 Å². The molecule has 75 valence electrons. The van der Waals surface area contributed by atoms with E-state index in [9.17, 15) is 4.79 Å². The lowest BCUT2D eigenvalue weighted by molar-refractivity contribution is -0.119. The van der Waals surface area contributed by atoms with Gasteiger partial charge in [0.25, 0.3) is 0 Å². The van der Waals surface area contributed by atoms with Crippen molar-refractivity contribution in [2.24, 2.45) is 0 Å². The molecule has 0 atom stereocenters. The number of hydrogen-bond acceptors (Lipinski definition) is 2. The molecule has 1 amide bonds. The van der Waals surface area contributed by atoms with Gasteiger partial charge in [-0.15, -0.1) is 0 Å². The van der Waals surface area contributed by atoms with Crippen LogP contribution in [-0.4, -0.2) is 42.4 Å². The molecule has 3 nitrogen and oxygen atoms in total. The van der Waals surface area contributed by atoms with Crippen LogP contribution >= 0.6 is 0 Å². The molecule has 3 heteroatoms. The first-order valence-corrected chi connectivity index (χ1v) is 5.04. The Bertz CT molecular complexity index is 262. The van der Waals surface area contributed by atoms with Gasteiger partial charge in [-0.2, -0.15) is 0 Å². The van der Waals surface area contributed by atoms with Gasteiger partial charge >= 0.3 is 0 Å². The standard InChI is InChI=1S/C11H15N2O/c14-10-12-6-8-13(9-7-12)11-4-2-1-3-5-11/h1-2,4-5,10H,3,6-9H2. The van der Waals surface area contributed by atoms with Crippen LogP contribution in [0, 0.1) is 6.42 Å². The Morgan fingerprint density at radius 1 is 1.21 bits per heavy atom. The molecule has 1 heterocycles. The number of carbonyl (C=O) groups is 1. The Morgan fingerprint density at radius 2 is 2.00 bits per heavy atom. The molecule has 0 N–H and O–H groups in total. The minimum atomic E-state index is 0.846. The van der Waals surface area contributed by atoms with Crippen LogP contribution in [0.3, 0.4) is 0 Å². The van der Waals surface area contributed by atoms with Crippen LogP contribution in [-0.2, 0) is 4.79 Å². The zero-order valence-corrected chi connectivity index (χ0v) is 8.22. The summed E-state index contributed by atoms with van der Waals surface area (Å²) in [5.74, 6) is 0. The summed E-state index contributed by atoms with van der Waals surface area (Å²) < 4.78 is 0. The Kier molecular flexibility index (Phi) is 2.87. The van der Waals surface area contributed by atoms with E-state index in [4.69, 9.17) is 0 Å². The maximum Gasteiger partial charge on any atom is 0.209 e. The van der Waals surface area contributed by atoms with Gasteiger partial charge in [-0.3, -0.25) is 4.79 Å². The molecular formula is C11H15N2O. The van der Waals surface area contributed by atoms with E-state index in [1.165, 1.54) is 5.70 Å². The third-order valence-electron chi connectivity index (χ3n) is 2.69. The molecule has 1 radical (unpaired) electrons.